The number of thioether (sulfide) groups is 1. The van der Waals surface area contributed by atoms with E-state index in [1.165, 1.54) is 16.8 Å². The molecule has 2 aliphatic rings. The lowest BCUT2D eigenvalue weighted by molar-refractivity contribution is -0.0320. The lowest BCUT2D eigenvalue weighted by atomic mass is 10.2. The van der Waals surface area contributed by atoms with E-state index in [1.807, 2.05) is 0 Å². The Hall–Kier alpha value is -1.90. The Morgan fingerprint density at radius 2 is 2.20 bits per heavy atom. The molecule has 3 heterocycles. The fraction of sp³-hybridized carbons (Fsp3) is 0.412. The van der Waals surface area contributed by atoms with Crippen LogP contribution in [0.5, 0.6) is 0 Å². The highest BCUT2D eigenvalue weighted by Gasteiger charge is 2.52. The zero-order valence-electron chi connectivity index (χ0n) is 13.5. The molecule has 2 fully saturated rings. The van der Waals surface area contributed by atoms with Gasteiger partial charge < -0.3 is 9.47 Å². The van der Waals surface area contributed by atoms with Crippen molar-refractivity contribution >= 4 is 11.8 Å². The van der Waals surface area contributed by atoms with Crippen LogP contribution in [0.2, 0.25) is 0 Å². The second-order valence-electron chi connectivity index (χ2n) is 6.21. The van der Waals surface area contributed by atoms with E-state index in [-0.39, 0.29) is 29.9 Å². The largest absolute Gasteiger partial charge is 0.369 e. The van der Waals surface area contributed by atoms with Crippen molar-refractivity contribution in [1.29, 1.82) is 0 Å². The zero-order chi connectivity index (χ0) is 17.6. The molecule has 0 spiro atoms. The number of H-pyrrole nitrogens is 1. The predicted molar refractivity (Wildman–Crippen MR) is 91.2 cm³/mol. The summed E-state index contributed by atoms with van der Waals surface area (Å²) in [6.45, 7) is 1.79. The number of benzene rings is 1. The van der Waals surface area contributed by atoms with Crippen LogP contribution in [0.4, 0.5) is 4.39 Å². The summed E-state index contributed by atoms with van der Waals surface area (Å²) in [5.74, 6) is 0.464. The standard InChI is InChI=1S/C17H17FN2O4S/c1-9-6-20(17(22)19-15(9)21)16-14-13(12(24-16)8-25-14)23-7-10-4-2-3-5-11(10)18/h2-6,12-14,16H,7-8H2,1H3,(H,19,21,22)/t12-,13+,14+,16-/m1/s1. The van der Waals surface area contributed by atoms with Crippen LogP contribution in [0.1, 0.15) is 17.4 Å². The van der Waals surface area contributed by atoms with Gasteiger partial charge in [0, 0.05) is 23.1 Å². The fourth-order valence-electron chi connectivity index (χ4n) is 3.23. The van der Waals surface area contributed by atoms with Gasteiger partial charge in [-0.3, -0.25) is 14.3 Å². The van der Waals surface area contributed by atoms with Gasteiger partial charge in [0.05, 0.1) is 18.0 Å². The van der Waals surface area contributed by atoms with Gasteiger partial charge in [0.25, 0.3) is 5.56 Å². The minimum atomic E-state index is -0.502. The van der Waals surface area contributed by atoms with Crippen molar-refractivity contribution in [1.82, 2.24) is 9.55 Å². The molecular formula is C17H17FN2O4S. The first-order chi connectivity index (χ1) is 12.0. The Kier molecular flexibility index (Phi) is 4.26. The lowest BCUT2D eigenvalue weighted by Gasteiger charge is -2.23. The number of nitrogens with zero attached hydrogens (tertiary/aromatic N) is 1. The molecule has 0 unspecified atom stereocenters. The summed E-state index contributed by atoms with van der Waals surface area (Å²) in [5, 5.41) is -0.0835. The quantitative estimate of drug-likeness (QED) is 0.892. The highest BCUT2D eigenvalue weighted by Crippen LogP contribution is 2.46. The SMILES string of the molecule is Cc1cn([C@@H]2O[C@@H]3CS[C@H]2[C@H]3OCc2ccccc2F)c(=O)[nH]c1=O. The van der Waals surface area contributed by atoms with Crippen LogP contribution in [-0.4, -0.2) is 32.8 Å². The normalized spacial score (nSPS) is 27.8. The first-order valence-corrected chi connectivity index (χ1v) is 9.03. The van der Waals surface area contributed by atoms with Gasteiger partial charge in [0.2, 0.25) is 0 Å². The topological polar surface area (TPSA) is 73.3 Å². The molecule has 0 amide bonds. The summed E-state index contributed by atoms with van der Waals surface area (Å²) in [7, 11) is 0. The molecule has 6 nitrogen and oxygen atoms in total. The summed E-state index contributed by atoms with van der Waals surface area (Å²) < 4.78 is 27.0. The third-order valence-electron chi connectivity index (χ3n) is 4.55. The van der Waals surface area contributed by atoms with Crippen molar-refractivity contribution in [2.24, 2.45) is 0 Å². The molecule has 4 rings (SSSR count). The smallest absolute Gasteiger partial charge is 0.330 e. The minimum Gasteiger partial charge on any atom is -0.369 e. The van der Waals surface area contributed by atoms with E-state index in [9.17, 15) is 14.0 Å². The van der Waals surface area contributed by atoms with Gasteiger partial charge in [-0.25, -0.2) is 9.18 Å². The van der Waals surface area contributed by atoms with E-state index in [0.29, 0.717) is 11.1 Å². The zero-order valence-corrected chi connectivity index (χ0v) is 14.3. The van der Waals surface area contributed by atoms with Crippen LogP contribution >= 0.6 is 11.8 Å². The fourth-order valence-corrected chi connectivity index (χ4v) is 4.71. The Labute approximate surface area is 147 Å². The molecule has 2 aliphatic heterocycles. The van der Waals surface area contributed by atoms with Crippen molar-refractivity contribution in [3.8, 4) is 0 Å². The van der Waals surface area contributed by atoms with Crippen molar-refractivity contribution < 1.29 is 13.9 Å². The van der Waals surface area contributed by atoms with Crippen LogP contribution in [0.3, 0.4) is 0 Å². The molecule has 2 saturated heterocycles. The van der Waals surface area contributed by atoms with Crippen molar-refractivity contribution in [2.45, 2.75) is 37.2 Å². The van der Waals surface area contributed by atoms with Gasteiger partial charge in [0.15, 0.2) is 6.23 Å². The molecule has 1 aromatic heterocycles. The average Bonchev–Trinajstić information content (AvgIpc) is 3.14. The predicted octanol–water partition coefficient (Wildman–Crippen LogP) is 1.58. The van der Waals surface area contributed by atoms with Crippen LogP contribution in [0, 0.1) is 12.7 Å². The Bertz CT molecular complexity index is 912. The summed E-state index contributed by atoms with van der Waals surface area (Å²) in [6, 6.07) is 6.49. The third-order valence-corrected chi connectivity index (χ3v) is 5.95. The van der Waals surface area contributed by atoms with Crippen molar-refractivity contribution in [2.75, 3.05) is 5.75 Å². The van der Waals surface area contributed by atoms with Gasteiger partial charge >= 0.3 is 5.69 Å². The van der Waals surface area contributed by atoms with E-state index in [0.717, 1.165) is 5.75 Å². The molecule has 8 heteroatoms. The third kappa shape index (κ3) is 2.94. The first-order valence-electron chi connectivity index (χ1n) is 7.99. The minimum absolute atomic E-state index is 0.0835. The van der Waals surface area contributed by atoms with Gasteiger partial charge in [-0.05, 0) is 13.0 Å². The number of halogens is 1. The number of rotatable bonds is 4. The number of hydrogen-bond donors (Lipinski definition) is 1. The average molecular weight is 364 g/mol. The van der Waals surface area contributed by atoms with Crippen LogP contribution in [-0.2, 0) is 16.1 Å². The number of nitrogens with one attached hydrogen (secondary N) is 1. The molecule has 1 aromatic carbocycles. The maximum Gasteiger partial charge on any atom is 0.330 e. The van der Waals surface area contributed by atoms with Gasteiger partial charge in [-0.15, -0.1) is 11.8 Å². The number of aromatic nitrogens is 2. The highest BCUT2D eigenvalue weighted by molar-refractivity contribution is 8.00. The molecule has 132 valence electrons. The van der Waals surface area contributed by atoms with Gasteiger partial charge in [-0.2, -0.15) is 0 Å². The molecule has 2 bridgehead atoms. The summed E-state index contributed by atoms with van der Waals surface area (Å²) in [6.07, 6.45) is 0.623. The Balaban J connectivity index is 1.54. The maximum absolute atomic E-state index is 13.8. The van der Waals surface area contributed by atoms with E-state index in [1.54, 1.807) is 36.9 Å². The second kappa shape index (κ2) is 6.44. The number of ether oxygens (including phenoxy) is 2. The first kappa shape index (κ1) is 16.6. The van der Waals surface area contributed by atoms with Crippen molar-refractivity contribution in [3.05, 3.63) is 68.2 Å². The second-order valence-corrected chi connectivity index (χ2v) is 7.42. The molecule has 0 saturated carbocycles. The highest BCUT2D eigenvalue weighted by atomic mass is 32.2. The van der Waals surface area contributed by atoms with Crippen molar-refractivity contribution in [3.63, 3.8) is 0 Å². The van der Waals surface area contributed by atoms with E-state index in [4.69, 9.17) is 9.47 Å². The molecule has 0 aliphatic carbocycles. The number of fused-ring (bicyclic) bond motifs is 2. The molecule has 4 atom stereocenters. The van der Waals surface area contributed by atoms with E-state index in [2.05, 4.69) is 4.98 Å². The molecule has 1 N–H and O–H groups in total. The summed E-state index contributed by atoms with van der Waals surface area (Å²) in [4.78, 5) is 26.0. The van der Waals surface area contributed by atoms with Crippen LogP contribution < -0.4 is 11.2 Å². The maximum atomic E-state index is 13.8. The number of aryl methyl sites for hydroxylation is 1. The molecule has 25 heavy (non-hydrogen) atoms. The molecule has 2 aromatic rings. The Morgan fingerprint density at radius 3 is 3.00 bits per heavy atom. The summed E-state index contributed by atoms with van der Waals surface area (Å²) >= 11 is 1.67. The van der Waals surface area contributed by atoms with Gasteiger partial charge in [0.1, 0.15) is 11.9 Å². The Morgan fingerprint density at radius 1 is 1.40 bits per heavy atom. The summed E-state index contributed by atoms with van der Waals surface area (Å²) in [5.41, 5.74) is 0.0400. The molecule has 0 radical (unpaired) electrons. The number of hydrogen-bond acceptors (Lipinski definition) is 5. The lowest BCUT2D eigenvalue weighted by Crippen LogP contribution is -2.37. The molecular weight excluding hydrogens is 347 g/mol. The van der Waals surface area contributed by atoms with E-state index < -0.39 is 17.5 Å². The van der Waals surface area contributed by atoms with Crippen LogP contribution in [0.15, 0.2) is 40.1 Å². The van der Waals surface area contributed by atoms with E-state index >= 15 is 0 Å². The van der Waals surface area contributed by atoms with Crippen LogP contribution in [0.25, 0.3) is 0 Å². The number of aromatic amines is 1. The van der Waals surface area contributed by atoms with Gasteiger partial charge in [-0.1, -0.05) is 18.2 Å². The monoisotopic (exact) mass is 364 g/mol.